The van der Waals surface area contributed by atoms with Gasteiger partial charge in [-0.2, -0.15) is 0 Å². The molecule has 7 nitrogen and oxygen atoms in total. The summed E-state index contributed by atoms with van der Waals surface area (Å²) in [5.74, 6) is -0.0241. The third-order valence-corrected chi connectivity index (χ3v) is 3.26. The molecule has 0 radical (unpaired) electrons. The van der Waals surface area contributed by atoms with E-state index in [4.69, 9.17) is 14.2 Å². The van der Waals surface area contributed by atoms with Crippen molar-refractivity contribution in [3.63, 3.8) is 0 Å². The molecular weight excluding hydrogens is 338 g/mol. The quantitative estimate of drug-likeness (QED) is 0.712. The van der Waals surface area contributed by atoms with E-state index in [1.165, 1.54) is 7.11 Å². The molecule has 1 unspecified atom stereocenters. The Morgan fingerprint density at radius 1 is 1.12 bits per heavy atom. The maximum absolute atomic E-state index is 11.9. The number of hydrogen-bond acceptors (Lipinski definition) is 6. The molecule has 1 aromatic rings. The number of ether oxygens (including phenoxy) is 3. The van der Waals surface area contributed by atoms with Gasteiger partial charge in [-0.15, -0.1) is 0 Å². The van der Waals surface area contributed by atoms with Crippen LogP contribution in [0.15, 0.2) is 24.3 Å². The number of nitrogens with one attached hydrogen (secondary N) is 1. The Hall–Kier alpha value is -2.57. The van der Waals surface area contributed by atoms with E-state index in [1.807, 2.05) is 12.1 Å². The number of amides is 1. The Bertz CT molecular complexity index is 618. The number of ketones is 1. The first-order valence-corrected chi connectivity index (χ1v) is 8.40. The Morgan fingerprint density at radius 3 is 2.23 bits per heavy atom. The van der Waals surface area contributed by atoms with Crippen LogP contribution in [0.4, 0.5) is 4.79 Å². The fraction of sp³-hybridized carbons (Fsp3) is 0.526. The average molecular weight is 365 g/mol. The third-order valence-electron chi connectivity index (χ3n) is 3.26. The van der Waals surface area contributed by atoms with Gasteiger partial charge in [0, 0.05) is 6.42 Å². The van der Waals surface area contributed by atoms with Crippen LogP contribution in [0.1, 0.15) is 39.7 Å². The summed E-state index contributed by atoms with van der Waals surface area (Å²) in [6.45, 7) is 6.70. The molecule has 1 N–H and O–H groups in total. The number of Topliss-reactive ketones (excluding diaryl/α,β-unsaturated/α-hetero) is 1. The highest BCUT2D eigenvalue weighted by Gasteiger charge is 2.24. The summed E-state index contributed by atoms with van der Waals surface area (Å²) in [6.07, 6.45) is -0.522. The molecule has 26 heavy (non-hydrogen) atoms. The highest BCUT2D eigenvalue weighted by atomic mass is 16.6. The highest BCUT2D eigenvalue weighted by Crippen LogP contribution is 2.16. The summed E-state index contributed by atoms with van der Waals surface area (Å²) in [7, 11) is 1.25. The molecule has 0 heterocycles. The summed E-state index contributed by atoms with van der Waals surface area (Å²) in [5.41, 5.74) is 0.357. The van der Waals surface area contributed by atoms with Gasteiger partial charge in [0.05, 0.1) is 13.7 Å². The second kappa shape index (κ2) is 9.79. The van der Waals surface area contributed by atoms with Crippen molar-refractivity contribution < 1.29 is 28.6 Å². The first-order chi connectivity index (χ1) is 12.1. The number of rotatable bonds is 8. The molecular formula is C19H27NO6. The molecule has 1 rings (SSSR count). The fourth-order valence-corrected chi connectivity index (χ4v) is 2.01. The fourth-order valence-electron chi connectivity index (χ4n) is 2.01. The van der Waals surface area contributed by atoms with E-state index in [0.29, 0.717) is 18.6 Å². The van der Waals surface area contributed by atoms with Gasteiger partial charge in [-0.3, -0.25) is 0 Å². The van der Waals surface area contributed by atoms with Gasteiger partial charge in [-0.1, -0.05) is 12.1 Å². The van der Waals surface area contributed by atoms with E-state index in [9.17, 15) is 14.4 Å². The van der Waals surface area contributed by atoms with Crippen LogP contribution in [0.5, 0.6) is 5.75 Å². The van der Waals surface area contributed by atoms with Crippen molar-refractivity contribution in [3.05, 3.63) is 29.8 Å². The van der Waals surface area contributed by atoms with E-state index in [0.717, 1.165) is 5.56 Å². The van der Waals surface area contributed by atoms with E-state index < -0.39 is 23.8 Å². The monoisotopic (exact) mass is 365 g/mol. The molecule has 0 spiro atoms. The van der Waals surface area contributed by atoms with Crippen molar-refractivity contribution >= 4 is 17.8 Å². The summed E-state index contributed by atoms with van der Waals surface area (Å²) >= 11 is 0. The zero-order valence-corrected chi connectivity index (χ0v) is 16.0. The van der Waals surface area contributed by atoms with E-state index in [2.05, 4.69) is 5.32 Å². The van der Waals surface area contributed by atoms with Crippen LogP contribution in [-0.2, 0) is 25.5 Å². The van der Waals surface area contributed by atoms with Gasteiger partial charge in [0.15, 0.2) is 0 Å². The topological polar surface area (TPSA) is 90.9 Å². The summed E-state index contributed by atoms with van der Waals surface area (Å²) < 4.78 is 15.5. The molecule has 1 aromatic carbocycles. The lowest BCUT2D eigenvalue weighted by atomic mass is 10.1. The van der Waals surface area contributed by atoms with Crippen molar-refractivity contribution in [1.82, 2.24) is 5.32 Å². The summed E-state index contributed by atoms with van der Waals surface area (Å²) in [5, 5.41) is 2.49. The number of hydrogen-bond donors (Lipinski definition) is 1. The minimum absolute atomic E-state index is 0.0896. The van der Waals surface area contributed by atoms with Crippen molar-refractivity contribution in [2.75, 3.05) is 13.7 Å². The van der Waals surface area contributed by atoms with E-state index in [-0.39, 0.29) is 12.3 Å². The van der Waals surface area contributed by atoms with Crippen LogP contribution in [0.3, 0.4) is 0 Å². The van der Waals surface area contributed by atoms with Gasteiger partial charge in [-0.25, -0.2) is 9.59 Å². The lowest BCUT2D eigenvalue weighted by Crippen LogP contribution is -2.42. The minimum Gasteiger partial charge on any atom is -0.477 e. The van der Waals surface area contributed by atoms with Gasteiger partial charge in [0.2, 0.25) is 6.10 Å². The van der Waals surface area contributed by atoms with Crippen LogP contribution in [0.2, 0.25) is 0 Å². The van der Waals surface area contributed by atoms with Crippen LogP contribution in [0.25, 0.3) is 0 Å². The Kier molecular flexibility index (Phi) is 8.09. The number of carbonyl (C=O) groups is 3. The second-order valence-electron chi connectivity index (χ2n) is 6.86. The zero-order chi connectivity index (χ0) is 19.7. The van der Waals surface area contributed by atoms with E-state index in [1.54, 1.807) is 39.8 Å². The molecule has 1 atom stereocenters. The first kappa shape index (κ1) is 21.5. The van der Waals surface area contributed by atoms with Crippen molar-refractivity contribution in [2.24, 2.45) is 0 Å². The number of benzene rings is 1. The zero-order valence-electron chi connectivity index (χ0n) is 16.0. The molecule has 7 heteroatoms. The van der Waals surface area contributed by atoms with Gasteiger partial charge >= 0.3 is 12.1 Å². The molecule has 0 aromatic heterocycles. The molecule has 0 aliphatic carbocycles. The van der Waals surface area contributed by atoms with Crippen LogP contribution >= 0.6 is 0 Å². The Balaban J connectivity index is 2.65. The molecule has 1 amide bonds. The molecule has 0 saturated heterocycles. The smallest absolute Gasteiger partial charge is 0.407 e. The van der Waals surface area contributed by atoms with Crippen LogP contribution in [0, 0.1) is 0 Å². The lowest BCUT2D eigenvalue weighted by molar-refractivity contribution is -0.148. The van der Waals surface area contributed by atoms with Crippen molar-refractivity contribution in [3.8, 4) is 5.75 Å². The molecule has 0 aliphatic heterocycles. The molecule has 0 bridgehead atoms. The predicted octanol–water partition coefficient (Wildman–Crippen LogP) is 2.65. The normalized spacial score (nSPS) is 12.0. The number of aryl methyl sites for hydroxylation is 1. The maximum Gasteiger partial charge on any atom is 0.407 e. The lowest BCUT2D eigenvalue weighted by Gasteiger charge is -2.21. The third kappa shape index (κ3) is 8.50. The number of alkyl carbamates (subject to hydrolysis) is 1. The van der Waals surface area contributed by atoms with Gasteiger partial charge in [0.25, 0.3) is 0 Å². The SMILES string of the molecule is COC(=O)C(CNC(=O)OC(C)(C)C)Oc1ccc(CCC(C)=O)cc1. The molecule has 0 saturated carbocycles. The van der Waals surface area contributed by atoms with Gasteiger partial charge < -0.3 is 24.3 Å². The van der Waals surface area contributed by atoms with Crippen LogP contribution < -0.4 is 10.1 Å². The Morgan fingerprint density at radius 2 is 1.73 bits per heavy atom. The summed E-state index contributed by atoms with van der Waals surface area (Å²) in [6, 6.07) is 7.07. The maximum atomic E-state index is 11.9. The van der Waals surface area contributed by atoms with Gasteiger partial charge in [-0.05, 0) is 51.8 Å². The molecule has 144 valence electrons. The minimum atomic E-state index is -1.00. The number of methoxy groups -OCH3 is 1. The largest absolute Gasteiger partial charge is 0.477 e. The first-order valence-electron chi connectivity index (χ1n) is 8.40. The summed E-state index contributed by atoms with van der Waals surface area (Å²) in [4.78, 5) is 34.6. The van der Waals surface area contributed by atoms with Gasteiger partial charge in [0.1, 0.15) is 17.1 Å². The Labute approximate surface area is 154 Å². The predicted molar refractivity (Wildman–Crippen MR) is 96.1 cm³/mol. The highest BCUT2D eigenvalue weighted by molar-refractivity contribution is 5.77. The van der Waals surface area contributed by atoms with E-state index >= 15 is 0 Å². The molecule has 0 aliphatic rings. The molecule has 0 fully saturated rings. The van der Waals surface area contributed by atoms with Crippen molar-refractivity contribution in [1.29, 1.82) is 0 Å². The van der Waals surface area contributed by atoms with Crippen LogP contribution in [-0.4, -0.2) is 43.2 Å². The number of carbonyl (C=O) groups excluding carboxylic acids is 3. The second-order valence-corrected chi connectivity index (χ2v) is 6.86. The average Bonchev–Trinajstić information content (AvgIpc) is 2.55. The number of esters is 1. The van der Waals surface area contributed by atoms with Crippen molar-refractivity contribution in [2.45, 2.75) is 52.2 Å². The standard InChI is InChI=1S/C19H27NO6/c1-13(21)6-7-14-8-10-15(11-9-14)25-16(17(22)24-5)12-20-18(23)26-19(2,3)4/h8-11,16H,6-7,12H2,1-5H3,(H,20,23).